The van der Waals surface area contributed by atoms with E-state index < -0.39 is 0 Å². The van der Waals surface area contributed by atoms with Crippen molar-refractivity contribution in [3.63, 3.8) is 0 Å². The van der Waals surface area contributed by atoms with Crippen molar-refractivity contribution >= 4 is 5.91 Å². The van der Waals surface area contributed by atoms with Crippen LogP contribution in [0.4, 0.5) is 0 Å². The Labute approximate surface area is 97.8 Å². The summed E-state index contributed by atoms with van der Waals surface area (Å²) >= 11 is 0. The molecule has 92 valence electrons. The van der Waals surface area contributed by atoms with Gasteiger partial charge in [0.1, 0.15) is 0 Å². The molecule has 16 heavy (non-hydrogen) atoms. The maximum absolute atomic E-state index is 11.7. The lowest BCUT2D eigenvalue weighted by Gasteiger charge is -2.48. The van der Waals surface area contributed by atoms with Gasteiger partial charge >= 0.3 is 0 Å². The molecule has 2 rings (SSSR count). The van der Waals surface area contributed by atoms with Crippen molar-refractivity contribution in [3.05, 3.63) is 0 Å². The zero-order valence-electron chi connectivity index (χ0n) is 10.4. The molecular formula is C12H23N3O. The summed E-state index contributed by atoms with van der Waals surface area (Å²) in [7, 11) is 3.85. The van der Waals surface area contributed by atoms with Gasteiger partial charge in [-0.25, -0.2) is 0 Å². The first-order valence-corrected chi connectivity index (χ1v) is 6.29. The standard InChI is InChI=1S/C12H23N3O/c1-15(2)9-11(16)14-10-4-7-13-12(8-10)5-3-6-12/h10,13H,3-9H2,1-2H3,(H,14,16). The van der Waals surface area contributed by atoms with E-state index in [9.17, 15) is 4.79 Å². The topological polar surface area (TPSA) is 44.4 Å². The zero-order chi connectivity index (χ0) is 11.6. The number of carbonyl (C=O) groups excluding carboxylic acids is 1. The minimum atomic E-state index is 0.159. The lowest BCUT2D eigenvalue weighted by molar-refractivity contribution is -0.122. The van der Waals surface area contributed by atoms with Gasteiger partial charge in [0.2, 0.25) is 5.91 Å². The average Bonchev–Trinajstić information content (AvgIpc) is 2.14. The quantitative estimate of drug-likeness (QED) is 0.728. The zero-order valence-corrected chi connectivity index (χ0v) is 10.4. The van der Waals surface area contributed by atoms with Crippen LogP contribution >= 0.6 is 0 Å². The third-order valence-electron chi connectivity index (χ3n) is 3.77. The fourth-order valence-electron chi connectivity index (χ4n) is 2.83. The molecule has 2 N–H and O–H groups in total. The van der Waals surface area contributed by atoms with Crippen molar-refractivity contribution in [1.29, 1.82) is 0 Å². The molecule has 0 radical (unpaired) electrons. The van der Waals surface area contributed by atoms with Crippen molar-refractivity contribution in [3.8, 4) is 0 Å². The highest BCUT2D eigenvalue weighted by atomic mass is 16.2. The molecular weight excluding hydrogens is 202 g/mol. The van der Waals surface area contributed by atoms with Crippen LogP contribution in [-0.2, 0) is 4.79 Å². The molecule has 0 aromatic heterocycles. The van der Waals surface area contributed by atoms with Crippen LogP contribution in [0.5, 0.6) is 0 Å². The second kappa shape index (κ2) is 4.72. The molecule has 1 unspecified atom stereocenters. The summed E-state index contributed by atoms with van der Waals surface area (Å²) in [5.74, 6) is 0.159. The fraction of sp³-hybridized carbons (Fsp3) is 0.917. The molecule has 1 amide bonds. The number of carbonyl (C=O) groups is 1. The lowest BCUT2D eigenvalue weighted by Crippen LogP contribution is -2.60. The van der Waals surface area contributed by atoms with Gasteiger partial charge in [-0.05, 0) is 52.7 Å². The Bertz CT molecular complexity index is 261. The number of amides is 1. The van der Waals surface area contributed by atoms with Gasteiger partial charge in [0, 0.05) is 11.6 Å². The van der Waals surface area contributed by atoms with Gasteiger partial charge in [0.05, 0.1) is 6.54 Å². The van der Waals surface area contributed by atoms with Crippen LogP contribution in [0.1, 0.15) is 32.1 Å². The van der Waals surface area contributed by atoms with E-state index in [2.05, 4.69) is 10.6 Å². The van der Waals surface area contributed by atoms with Crippen LogP contribution < -0.4 is 10.6 Å². The Balaban J connectivity index is 1.79. The maximum Gasteiger partial charge on any atom is 0.234 e. The van der Waals surface area contributed by atoms with Gasteiger partial charge in [-0.1, -0.05) is 0 Å². The van der Waals surface area contributed by atoms with Gasteiger partial charge in [0.25, 0.3) is 0 Å². The van der Waals surface area contributed by atoms with Crippen molar-refractivity contribution in [2.24, 2.45) is 0 Å². The average molecular weight is 225 g/mol. The summed E-state index contributed by atoms with van der Waals surface area (Å²) in [4.78, 5) is 13.6. The molecule has 0 aromatic carbocycles. The number of hydrogen-bond donors (Lipinski definition) is 2. The van der Waals surface area contributed by atoms with Gasteiger partial charge in [-0.3, -0.25) is 4.79 Å². The smallest absolute Gasteiger partial charge is 0.234 e. The van der Waals surface area contributed by atoms with Crippen LogP contribution in [0.3, 0.4) is 0 Å². The van der Waals surface area contributed by atoms with Gasteiger partial charge < -0.3 is 15.5 Å². The van der Waals surface area contributed by atoms with Crippen LogP contribution in [-0.4, -0.2) is 49.6 Å². The highest BCUT2D eigenvalue weighted by Crippen LogP contribution is 2.38. The number of hydrogen-bond acceptors (Lipinski definition) is 3. The Hall–Kier alpha value is -0.610. The second-order valence-corrected chi connectivity index (χ2v) is 5.56. The predicted molar refractivity (Wildman–Crippen MR) is 64.3 cm³/mol. The Morgan fingerprint density at radius 1 is 1.50 bits per heavy atom. The monoisotopic (exact) mass is 225 g/mol. The summed E-state index contributed by atoms with van der Waals surface area (Å²) in [6.07, 6.45) is 6.10. The molecule has 4 heteroatoms. The molecule has 2 fully saturated rings. The summed E-state index contributed by atoms with van der Waals surface area (Å²) in [5.41, 5.74) is 0.369. The largest absolute Gasteiger partial charge is 0.352 e. The third kappa shape index (κ3) is 2.74. The van der Waals surface area contributed by atoms with Gasteiger partial charge in [-0.15, -0.1) is 0 Å². The molecule has 1 spiro atoms. The van der Waals surface area contributed by atoms with Crippen LogP contribution in [0.15, 0.2) is 0 Å². The molecule has 4 nitrogen and oxygen atoms in total. The van der Waals surface area contributed by atoms with Crippen LogP contribution in [0.25, 0.3) is 0 Å². The molecule has 1 atom stereocenters. The minimum Gasteiger partial charge on any atom is -0.352 e. The SMILES string of the molecule is CN(C)CC(=O)NC1CCNC2(CCC2)C1. The van der Waals surface area contributed by atoms with Crippen molar-refractivity contribution in [2.45, 2.75) is 43.7 Å². The molecule has 2 aliphatic rings. The lowest BCUT2D eigenvalue weighted by atomic mass is 9.70. The molecule has 1 saturated carbocycles. The van der Waals surface area contributed by atoms with E-state index in [1.54, 1.807) is 0 Å². The van der Waals surface area contributed by atoms with Crippen LogP contribution in [0, 0.1) is 0 Å². The number of piperidine rings is 1. The maximum atomic E-state index is 11.7. The molecule has 1 aliphatic carbocycles. The van der Waals surface area contributed by atoms with Crippen molar-refractivity contribution in [1.82, 2.24) is 15.5 Å². The van der Waals surface area contributed by atoms with Crippen LogP contribution in [0.2, 0.25) is 0 Å². The summed E-state index contributed by atoms with van der Waals surface area (Å²) in [6, 6.07) is 0.383. The van der Waals surface area contributed by atoms with Gasteiger partial charge in [-0.2, -0.15) is 0 Å². The van der Waals surface area contributed by atoms with E-state index in [4.69, 9.17) is 0 Å². The minimum absolute atomic E-state index is 0.159. The molecule has 1 saturated heterocycles. The highest BCUT2D eigenvalue weighted by molar-refractivity contribution is 5.78. The molecule has 0 bridgehead atoms. The summed E-state index contributed by atoms with van der Waals surface area (Å²) in [6.45, 7) is 1.55. The Morgan fingerprint density at radius 2 is 2.25 bits per heavy atom. The summed E-state index contributed by atoms with van der Waals surface area (Å²) < 4.78 is 0. The highest BCUT2D eigenvalue weighted by Gasteiger charge is 2.41. The van der Waals surface area contributed by atoms with E-state index in [0.29, 0.717) is 18.1 Å². The summed E-state index contributed by atoms with van der Waals surface area (Å²) in [5, 5.41) is 6.77. The first kappa shape index (κ1) is 11.9. The normalized spacial score (nSPS) is 27.8. The van der Waals surface area contributed by atoms with E-state index in [0.717, 1.165) is 19.4 Å². The number of nitrogens with zero attached hydrogens (tertiary/aromatic N) is 1. The second-order valence-electron chi connectivity index (χ2n) is 5.56. The first-order valence-electron chi connectivity index (χ1n) is 6.29. The number of likely N-dealkylation sites (N-methyl/N-ethyl adjacent to an activating group) is 1. The first-order chi connectivity index (χ1) is 7.60. The van der Waals surface area contributed by atoms with E-state index >= 15 is 0 Å². The number of rotatable bonds is 3. The molecule has 1 heterocycles. The van der Waals surface area contributed by atoms with E-state index in [1.807, 2.05) is 19.0 Å². The molecule has 1 aliphatic heterocycles. The van der Waals surface area contributed by atoms with Crippen molar-refractivity contribution in [2.75, 3.05) is 27.2 Å². The number of nitrogens with one attached hydrogen (secondary N) is 2. The molecule has 0 aromatic rings. The van der Waals surface area contributed by atoms with Gasteiger partial charge in [0.15, 0.2) is 0 Å². The Kier molecular flexibility index (Phi) is 3.50. The van der Waals surface area contributed by atoms with E-state index in [1.165, 1.54) is 19.3 Å². The fourth-order valence-corrected chi connectivity index (χ4v) is 2.83. The predicted octanol–water partition coefficient (Wildman–Crippen LogP) is 0.339. The third-order valence-corrected chi connectivity index (χ3v) is 3.77. The van der Waals surface area contributed by atoms with E-state index in [-0.39, 0.29) is 5.91 Å². The Morgan fingerprint density at radius 3 is 2.81 bits per heavy atom. The van der Waals surface area contributed by atoms with Crippen molar-refractivity contribution < 1.29 is 4.79 Å².